The Hall–Kier alpha value is -10.4. The van der Waals surface area contributed by atoms with E-state index in [0.29, 0.717) is 17.6 Å². The van der Waals surface area contributed by atoms with Crippen molar-refractivity contribution in [3.63, 3.8) is 0 Å². The second-order valence-electron chi connectivity index (χ2n) is 36.8. The van der Waals surface area contributed by atoms with Crippen LogP contribution in [0.4, 0.5) is 0 Å². The van der Waals surface area contributed by atoms with Gasteiger partial charge in [-0.2, -0.15) is 0 Å². The van der Waals surface area contributed by atoms with Gasteiger partial charge in [-0.3, -0.25) is 4.98 Å². The monoisotopic (exact) mass is 1490 g/mol. The molecule has 0 fully saturated rings. The fourth-order valence-electron chi connectivity index (χ4n) is 16.6. The summed E-state index contributed by atoms with van der Waals surface area (Å²) in [6.45, 7) is 41.6. The van der Waals surface area contributed by atoms with Gasteiger partial charge < -0.3 is 4.57 Å². The van der Waals surface area contributed by atoms with Crippen molar-refractivity contribution in [2.75, 3.05) is 0 Å². The molecule has 574 valence electrons. The molecule has 0 spiro atoms. The molecule has 0 unspecified atom stereocenters. The number of pyridine rings is 5. The predicted molar refractivity (Wildman–Crippen MR) is 479 cm³/mol. The Kier molecular flexibility index (Phi) is 21.3. The normalized spacial score (nSPS) is 13.1. The molecule has 0 atom stereocenters. The van der Waals surface area contributed by atoms with Gasteiger partial charge in [-0.05, 0) is 264 Å². The molecule has 0 amide bonds. The molecule has 0 aliphatic heterocycles. The molecule has 15 aromatic rings. The zero-order valence-electron chi connectivity index (χ0n) is 77.5. The Balaban J connectivity index is 0.000000145. The number of aryl methyl sites for hydroxylation is 9. The first-order chi connectivity index (χ1) is 55.2. The highest BCUT2D eigenvalue weighted by molar-refractivity contribution is 6.10. The lowest BCUT2D eigenvalue weighted by molar-refractivity contribution is -0.659. The molecule has 112 heavy (non-hydrogen) atoms. The quantitative estimate of drug-likeness (QED) is 0.119. The molecule has 0 aliphatic carbocycles. The van der Waals surface area contributed by atoms with Gasteiger partial charge in [0.15, 0.2) is 24.8 Å². The number of nitrogens with zero attached hydrogens (tertiary/aromatic N) is 6. The van der Waals surface area contributed by atoms with Crippen LogP contribution >= 0.6 is 0 Å². The molecule has 6 nitrogen and oxygen atoms in total. The number of para-hydroxylation sites is 1. The van der Waals surface area contributed by atoms with E-state index < -0.39 is 13.2 Å². The highest BCUT2D eigenvalue weighted by Crippen LogP contribution is 2.41. The van der Waals surface area contributed by atoms with Crippen LogP contribution in [0.15, 0.2) is 231 Å². The van der Waals surface area contributed by atoms with E-state index in [1.54, 1.807) is 6.07 Å². The summed E-state index contributed by atoms with van der Waals surface area (Å²) >= 11 is 0. The summed E-state index contributed by atoms with van der Waals surface area (Å²) in [4.78, 5) is 4.29. The lowest BCUT2D eigenvalue weighted by atomic mass is 9.87. The lowest BCUT2D eigenvalue weighted by Gasteiger charge is -2.18. The predicted octanol–water partition coefficient (Wildman–Crippen LogP) is 25.8. The molecule has 0 saturated carbocycles. The van der Waals surface area contributed by atoms with Gasteiger partial charge in [-0.25, -0.2) is 18.3 Å². The Morgan fingerprint density at radius 1 is 0.393 bits per heavy atom. The summed E-state index contributed by atoms with van der Waals surface area (Å²) in [5.41, 5.74) is 26.9. The van der Waals surface area contributed by atoms with E-state index >= 15 is 0 Å². The van der Waals surface area contributed by atoms with Crippen LogP contribution in [0.1, 0.15) is 179 Å². The molecule has 6 aromatic heterocycles. The van der Waals surface area contributed by atoms with Crippen molar-refractivity contribution in [3.05, 3.63) is 292 Å². The van der Waals surface area contributed by atoms with Gasteiger partial charge >= 0.3 is 0 Å². The fraction of sp³-hybridized carbons (Fsp3) is 0.330. The summed E-state index contributed by atoms with van der Waals surface area (Å²) in [7, 11) is 8.33. The number of hydrogen-bond acceptors (Lipinski definition) is 1. The van der Waals surface area contributed by atoms with E-state index in [-0.39, 0.29) is 27.2 Å². The van der Waals surface area contributed by atoms with Crippen molar-refractivity contribution < 1.29 is 26.5 Å². The van der Waals surface area contributed by atoms with Crippen molar-refractivity contribution in [2.45, 2.75) is 183 Å². The van der Waals surface area contributed by atoms with E-state index in [1.807, 2.05) is 55.3 Å². The third kappa shape index (κ3) is 18.4. The highest BCUT2D eigenvalue weighted by atomic mass is 15.0. The first-order valence-electron chi connectivity index (χ1n) is 43.1. The molecule has 6 heterocycles. The van der Waals surface area contributed by atoms with Crippen molar-refractivity contribution in [2.24, 2.45) is 49.9 Å². The van der Waals surface area contributed by atoms with Gasteiger partial charge in [-0.15, -0.1) is 0 Å². The summed E-state index contributed by atoms with van der Waals surface area (Å²) in [5.74, 6) is 0. The maximum Gasteiger partial charge on any atom is 0.220 e. The van der Waals surface area contributed by atoms with E-state index in [9.17, 15) is 0 Å². The highest BCUT2D eigenvalue weighted by Gasteiger charge is 2.27. The van der Waals surface area contributed by atoms with Crippen LogP contribution in [0.3, 0.4) is 0 Å². The molecule has 9 aromatic carbocycles. The Morgan fingerprint density at radius 3 is 1.27 bits per heavy atom. The minimum atomic E-state index is -2.31. The number of rotatable bonds is 11. The standard InChI is InChI=1S/C31H35N2.C27H29N2.C25H32N.C23H28N/c1-20(2)33-28-11-9-8-10-25(28)27-16-21(3)26(18-29(27)33)30-24-13-12-22(19-31(4,5)6)17-23(24)14-15-32(30)7;1-19-8-10-21(23-7-6-13-28-18-23)16-25(19)26-24-11-9-20(17-27(2,3)4)15-22(24)12-14-29(26)5;1-8-20-13-17(2)14-23(18(20)3)24-22-10-9-19(16-25(4,5)6)15-21(22)11-12-26(24)7;1-16-8-7-9-20(17(16)2)22-21-11-10-18(15-23(3,4)5)14-19(21)12-13-24(22)6/h8-18,20H,19H2,1-7H3;6-16,18H,17H2,1-5H3;9-15H,8,16H2,1-7H3;7-14H,15H2,1-6H3/q4*+1/i;;2D3,8D2;7D. The molecule has 0 aliphatic rings. The molecule has 0 N–H and O–H groups in total. The molecular formula is C106H124N6+4. The van der Waals surface area contributed by atoms with Crippen molar-refractivity contribution in [3.8, 4) is 56.2 Å². The molecule has 0 radical (unpaired) electrons. The van der Waals surface area contributed by atoms with Gasteiger partial charge in [0.1, 0.15) is 28.2 Å². The summed E-state index contributed by atoms with van der Waals surface area (Å²) in [5, 5.41) is 12.5. The van der Waals surface area contributed by atoms with Crippen LogP contribution in [-0.4, -0.2) is 9.55 Å². The lowest BCUT2D eigenvalue weighted by Crippen LogP contribution is -2.31. The van der Waals surface area contributed by atoms with Gasteiger partial charge in [-0.1, -0.05) is 193 Å². The van der Waals surface area contributed by atoms with Crippen LogP contribution in [0, 0.1) is 63.1 Å². The smallest absolute Gasteiger partial charge is 0.220 e. The number of fused-ring (bicyclic) bond motifs is 7. The average molecular weight is 1490 g/mol. The maximum absolute atomic E-state index is 8.28. The number of aromatic nitrogens is 6. The maximum atomic E-state index is 8.28. The fourth-order valence-corrected chi connectivity index (χ4v) is 16.6. The van der Waals surface area contributed by atoms with Crippen molar-refractivity contribution in [1.29, 1.82) is 0 Å². The van der Waals surface area contributed by atoms with Crippen LogP contribution < -0.4 is 18.3 Å². The molecule has 6 heteroatoms. The van der Waals surface area contributed by atoms with Crippen molar-refractivity contribution in [1.82, 2.24) is 9.55 Å². The van der Waals surface area contributed by atoms with Crippen LogP contribution in [0.5, 0.6) is 0 Å². The molecule has 0 saturated heterocycles. The molecule has 15 rings (SSSR count). The number of hydrogen-bond donors (Lipinski definition) is 0. The number of benzene rings is 9. The van der Waals surface area contributed by atoms with Gasteiger partial charge in [0.2, 0.25) is 22.8 Å². The van der Waals surface area contributed by atoms with Crippen LogP contribution in [-0.2, 0) is 60.2 Å². The molecular weight excluding hydrogens is 1360 g/mol. The van der Waals surface area contributed by atoms with E-state index in [1.165, 1.54) is 145 Å². The summed E-state index contributed by atoms with van der Waals surface area (Å²) in [6.07, 6.45) is 14.8. The van der Waals surface area contributed by atoms with Crippen molar-refractivity contribution >= 4 is 64.9 Å². The Bertz CT molecular complexity index is 6290. The average Bonchev–Trinajstić information content (AvgIpc) is 1.67. The zero-order valence-corrected chi connectivity index (χ0v) is 71.5. The Morgan fingerprint density at radius 2 is 0.839 bits per heavy atom. The van der Waals surface area contributed by atoms with E-state index in [0.717, 1.165) is 64.4 Å². The summed E-state index contributed by atoms with van der Waals surface area (Å²) in [6, 6.07) is 68.5. The van der Waals surface area contributed by atoms with Crippen LogP contribution in [0.2, 0.25) is 0 Å². The van der Waals surface area contributed by atoms with E-state index in [2.05, 4.69) is 345 Å². The van der Waals surface area contributed by atoms with Crippen LogP contribution in [0.25, 0.3) is 121 Å². The third-order valence-corrected chi connectivity index (χ3v) is 21.8. The topological polar surface area (TPSA) is 33.3 Å². The Labute approximate surface area is 679 Å². The van der Waals surface area contributed by atoms with Gasteiger partial charge in [0.25, 0.3) is 0 Å². The zero-order chi connectivity index (χ0) is 85.8. The second-order valence-corrected chi connectivity index (χ2v) is 36.8. The largest absolute Gasteiger partial charge is 0.338 e. The van der Waals surface area contributed by atoms with Gasteiger partial charge in [0, 0.05) is 77.0 Å². The molecule has 0 bridgehead atoms. The van der Waals surface area contributed by atoms with E-state index in [4.69, 9.17) is 8.22 Å². The summed E-state index contributed by atoms with van der Waals surface area (Å²) < 4.78 is 59.7. The first-order valence-corrected chi connectivity index (χ1v) is 40.1. The third-order valence-electron chi connectivity index (χ3n) is 21.8. The SMILES string of the molecule is Cc1cc2c3ccccc3n(C(C)C)c2cc1-c1c2ccc(CC(C)(C)C)cc2cc[n+]1C.Cc1ccc(-c2cccnc2)cc1-c1c2ccc(CC(C)(C)C)cc2cc[n+]1C.[2H]C([2H])([2H])c1cc(-c2c3ccc(CC(C)(C)C)cc3cc[n+]2C)c(C)c(C([2H])([2H])C)c1.[2H]c1cc(C)c(C)c(-c2c3ccc(CC(C)(C)C)cc3cc[n+]2C)c1. The second kappa shape index (κ2) is 32.7. The first kappa shape index (κ1) is 73.1. The minimum absolute atomic E-state index is 0.162. The minimum Gasteiger partial charge on any atom is -0.338 e. The van der Waals surface area contributed by atoms with Gasteiger partial charge in [0.05, 0.1) is 45.1 Å².